The molecule has 1 fully saturated rings. The average Bonchev–Trinajstić information content (AvgIpc) is 3.67. The van der Waals surface area contributed by atoms with Crippen LogP contribution in [0.2, 0.25) is 0 Å². The zero-order chi connectivity index (χ0) is 34.5. The molecule has 0 bridgehead atoms. The second-order valence-electron chi connectivity index (χ2n) is 12.9. The fraction of sp³-hybridized carbons (Fsp3) is 0.275. The third-order valence-electron chi connectivity index (χ3n) is 8.87. The summed E-state index contributed by atoms with van der Waals surface area (Å²) in [6.07, 6.45) is 2.63. The van der Waals surface area contributed by atoms with Gasteiger partial charge in [-0.1, -0.05) is 83.1 Å². The van der Waals surface area contributed by atoms with Gasteiger partial charge in [0.1, 0.15) is 18.4 Å². The van der Waals surface area contributed by atoms with Crippen LogP contribution in [-0.4, -0.2) is 71.6 Å². The number of carbonyl (C=O) groups excluding carboxylic acids is 2. The number of benzene rings is 4. The number of anilines is 1. The zero-order valence-corrected chi connectivity index (χ0v) is 29.2. The summed E-state index contributed by atoms with van der Waals surface area (Å²) in [5.74, 6) is 0.375. The molecule has 256 valence electrons. The summed E-state index contributed by atoms with van der Waals surface area (Å²) in [6, 6.07) is 28.9. The highest BCUT2D eigenvalue weighted by atomic mass is 32.1. The normalized spacial score (nSPS) is 14.1. The van der Waals surface area contributed by atoms with Crippen molar-refractivity contribution in [3.63, 3.8) is 0 Å². The van der Waals surface area contributed by atoms with Crippen molar-refractivity contribution in [1.82, 2.24) is 19.6 Å². The maximum Gasteiger partial charge on any atom is 0.247 e. The van der Waals surface area contributed by atoms with E-state index >= 15 is 0 Å². The van der Waals surface area contributed by atoms with Crippen LogP contribution in [-0.2, 0) is 27.2 Å². The third-order valence-corrected chi connectivity index (χ3v) is 9.91. The summed E-state index contributed by atoms with van der Waals surface area (Å²) in [5, 5.41) is 6.01. The Morgan fingerprint density at radius 3 is 2.44 bits per heavy atom. The Balaban J connectivity index is 1.02. The number of nitrogens with zero attached hydrogens (tertiary/aromatic N) is 3. The van der Waals surface area contributed by atoms with Crippen LogP contribution in [0.15, 0.2) is 97.2 Å². The SMILES string of the molecule is Cc1cc(C)cc(CC(=O)N[C@@H](Cc2ccccc2)C(=O)Nc2ccc(-c3cn4c(n3)sc3ccc(OCCN5CCOCC5)cc34)cc2)c1. The summed E-state index contributed by atoms with van der Waals surface area (Å²) >= 11 is 1.64. The van der Waals surface area contributed by atoms with Crippen LogP contribution in [0.1, 0.15) is 22.3 Å². The molecule has 4 aromatic carbocycles. The monoisotopic (exact) mass is 687 g/mol. The Kier molecular flexibility index (Phi) is 10.2. The molecule has 0 radical (unpaired) electrons. The molecule has 10 heteroatoms. The summed E-state index contributed by atoms with van der Waals surface area (Å²) in [5.41, 5.74) is 7.58. The number of thiazole rings is 1. The molecule has 2 amide bonds. The average molecular weight is 688 g/mol. The topological polar surface area (TPSA) is 97.2 Å². The van der Waals surface area contributed by atoms with Crippen molar-refractivity contribution in [1.29, 1.82) is 0 Å². The second-order valence-corrected chi connectivity index (χ2v) is 13.9. The number of nitrogens with one attached hydrogen (secondary N) is 2. The third kappa shape index (κ3) is 8.22. The van der Waals surface area contributed by atoms with Crippen LogP contribution in [0.5, 0.6) is 5.75 Å². The molecule has 50 heavy (non-hydrogen) atoms. The number of ether oxygens (including phenoxy) is 2. The van der Waals surface area contributed by atoms with Crippen LogP contribution in [0.25, 0.3) is 26.4 Å². The Morgan fingerprint density at radius 1 is 0.920 bits per heavy atom. The summed E-state index contributed by atoms with van der Waals surface area (Å²) in [4.78, 5) is 34.9. The predicted octanol–water partition coefficient (Wildman–Crippen LogP) is 6.45. The highest BCUT2D eigenvalue weighted by Gasteiger charge is 2.22. The van der Waals surface area contributed by atoms with Crippen molar-refractivity contribution in [2.45, 2.75) is 32.7 Å². The minimum atomic E-state index is -0.739. The number of rotatable bonds is 12. The molecule has 1 aliphatic heterocycles. The molecule has 9 nitrogen and oxygen atoms in total. The molecule has 6 aromatic rings. The van der Waals surface area contributed by atoms with Crippen molar-refractivity contribution in [3.8, 4) is 17.0 Å². The van der Waals surface area contributed by atoms with Crippen molar-refractivity contribution in [3.05, 3.63) is 119 Å². The number of hydrogen-bond donors (Lipinski definition) is 2. The first-order chi connectivity index (χ1) is 24.4. The lowest BCUT2D eigenvalue weighted by Gasteiger charge is -2.26. The lowest BCUT2D eigenvalue weighted by atomic mass is 10.0. The molecule has 7 rings (SSSR count). The van der Waals surface area contributed by atoms with Gasteiger partial charge in [-0.15, -0.1) is 0 Å². The van der Waals surface area contributed by atoms with Gasteiger partial charge in [0.05, 0.1) is 35.5 Å². The Bertz CT molecular complexity index is 2080. The van der Waals surface area contributed by atoms with Gasteiger partial charge in [0, 0.05) is 49.6 Å². The predicted molar refractivity (Wildman–Crippen MR) is 199 cm³/mol. The van der Waals surface area contributed by atoms with E-state index in [1.54, 1.807) is 11.3 Å². The lowest BCUT2D eigenvalue weighted by Crippen LogP contribution is -2.45. The molecule has 0 aliphatic carbocycles. The van der Waals surface area contributed by atoms with E-state index in [2.05, 4.69) is 38.1 Å². The van der Waals surface area contributed by atoms with Crippen LogP contribution in [0.3, 0.4) is 0 Å². The zero-order valence-electron chi connectivity index (χ0n) is 28.4. The Hall–Kier alpha value is -5.03. The van der Waals surface area contributed by atoms with Crippen LogP contribution < -0.4 is 15.4 Å². The van der Waals surface area contributed by atoms with Gasteiger partial charge in [0.15, 0.2) is 4.96 Å². The molecule has 2 N–H and O–H groups in total. The molecule has 1 atom stereocenters. The van der Waals surface area contributed by atoms with E-state index < -0.39 is 6.04 Å². The van der Waals surface area contributed by atoms with E-state index in [4.69, 9.17) is 14.5 Å². The quantitative estimate of drug-likeness (QED) is 0.154. The molecule has 2 aromatic heterocycles. The van der Waals surface area contributed by atoms with E-state index in [-0.39, 0.29) is 18.2 Å². The van der Waals surface area contributed by atoms with E-state index in [1.165, 1.54) is 0 Å². The molecule has 0 unspecified atom stereocenters. The van der Waals surface area contributed by atoms with Gasteiger partial charge in [-0.25, -0.2) is 4.98 Å². The van der Waals surface area contributed by atoms with E-state index in [1.807, 2.05) is 92.8 Å². The lowest BCUT2D eigenvalue weighted by molar-refractivity contribution is -0.126. The number of carbonyl (C=O) groups is 2. The summed E-state index contributed by atoms with van der Waals surface area (Å²) < 4.78 is 14.8. The van der Waals surface area contributed by atoms with E-state index in [0.29, 0.717) is 18.7 Å². The number of aryl methyl sites for hydroxylation is 2. The Labute approximate surface area is 295 Å². The van der Waals surface area contributed by atoms with Crippen molar-refractivity contribution < 1.29 is 19.1 Å². The van der Waals surface area contributed by atoms with Gasteiger partial charge >= 0.3 is 0 Å². The highest BCUT2D eigenvalue weighted by Crippen LogP contribution is 2.32. The van der Waals surface area contributed by atoms with Crippen molar-refractivity contribution >= 4 is 44.0 Å². The molecule has 1 aliphatic rings. The maximum atomic E-state index is 13.6. The minimum absolute atomic E-state index is 0.194. The van der Waals surface area contributed by atoms with Crippen molar-refractivity contribution in [2.24, 2.45) is 0 Å². The molecule has 0 saturated carbocycles. The number of aromatic nitrogens is 2. The van der Waals surface area contributed by atoms with Gasteiger partial charge in [0.2, 0.25) is 11.8 Å². The standard InChI is InChI=1S/C40H41N5O4S/c1-27-20-28(2)22-30(21-27)24-38(46)42-34(23-29-6-4-3-5-7-29)39(47)41-32-10-8-31(9-11-32)35-26-45-36-25-33(12-13-37(36)50-40(45)43-35)49-19-16-44-14-17-48-18-15-44/h3-13,20-22,25-26,34H,14-19,23-24H2,1-2H3,(H,41,47)(H,42,46)/t34-/m0/s1. The largest absolute Gasteiger partial charge is 0.492 e. The summed E-state index contributed by atoms with van der Waals surface area (Å²) in [6.45, 7) is 8.99. The van der Waals surface area contributed by atoms with Crippen LogP contribution in [0.4, 0.5) is 5.69 Å². The molecular weight excluding hydrogens is 647 g/mol. The number of fused-ring (bicyclic) bond motifs is 3. The van der Waals surface area contributed by atoms with Gasteiger partial charge in [-0.3, -0.25) is 18.9 Å². The van der Waals surface area contributed by atoms with Gasteiger partial charge < -0.3 is 20.1 Å². The van der Waals surface area contributed by atoms with E-state index in [9.17, 15) is 9.59 Å². The maximum absolute atomic E-state index is 13.6. The van der Waals surface area contributed by atoms with Crippen molar-refractivity contribution in [2.75, 3.05) is 44.8 Å². The number of morpholine rings is 1. The highest BCUT2D eigenvalue weighted by molar-refractivity contribution is 7.23. The molecule has 0 spiro atoms. The smallest absolute Gasteiger partial charge is 0.247 e. The summed E-state index contributed by atoms with van der Waals surface area (Å²) in [7, 11) is 0. The van der Waals surface area contributed by atoms with Gasteiger partial charge in [-0.05, 0) is 49.2 Å². The second kappa shape index (κ2) is 15.2. The molecular formula is C40H41N5O4S. The molecule has 1 saturated heterocycles. The van der Waals surface area contributed by atoms with Gasteiger partial charge in [-0.2, -0.15) is 0 Å². The van der Waals surface area contributed by atoms with E-state index in [0.717, 1.165) is 87.3 Å². The first kappa shape index (κ1) is 33.5. The van der Waals surface area contributed by atoms with Crippen LogP contribution >= 0.6 is 11.3 Å². The minimum Gasteiger partial charge on any atom is -0.492 e. The number of hydrogen-bond acceptors (Lipinski definition) is 7. The number of imidazole rings is 1. The Morgan fingerprint density at radius 2 is 1.68 bits per heavy atom. The van der Waals surface area contributed by atoms with Gasteiger partial charge in [0.25, 0.3) is 0 Å². The number of amides is 2. The van der Waals surface area contributed by atoms with Crippen LogP contribution in [0, 0.1) is 13.8 Å². The molecule has 3 heterocycles. The fourth-order valence-electron chi connectivity index (χ4n) is 6.44. The first-order valence-corrected chi connectivity index (χ1v) is 17.8. The first-order valence-electron chi connectivity index (χ1n) is 17.0. The fourth-order valence-corrected chi connectivity index (χ4v) is 7.43.